The minimum absolute atomic E-state index is 0.110. The molecule has 2 N–H and O–H groups in total. The Kier molecular flexibility index (Phi) is 7.85. The van der Waals surface area contributed by atoms with Crippen LogP contribution in [0, 0.1) is 0 Å². The van der Waals surface area contributed by atoms with Crippen LogP contribution < -0.4 is 20.1 Å². The van der Waals surface area contributed by atoms with Crippen molar-refractivity contribution in [3.8, 4) is 11.5 Å². The Morgan fingerprint density at radius 2 is 1.33 bits per heavy atom. The summed E-state index contributed by atoms with van der Waals surface area (Å²) in [6, 6.07) is 26.5. The van der Waals surface area contributed by atoms with Crippen molar-refractivity contribution in [3.05, 3.63) is 96.1 Å². The standard InChI is InChI=1S/C24H24N2O4/c27-23(16-26-24(28)18-30-21-11-5-2-6-12-21)25-15-20-10-7-13-22(14-20)29-17-19-8-3-1-4-9-19/h1-14H,15-18H2,(H,25,27)(H,26,28). The van der Waals surface area contributed by atoms with Gasteiger partial charge in [-0.15, -0.1) is 0 Å². The van der Waals surface area contributed by atoms with Crippen LogP contribution in [0.15, 0.2) is 84.9 Å². The van der Waals surface area contributed by atoms with E-state index in [1.807, 2.05) is 72.8 Å². The van der Waals surface area contributed by atoms with E-state index in [2.05, 4.69) is 10.6 Å². The van der Waals surface area contributed by atoms with Crippen LogP contribution >= 0.6 is 0 Å². The van der Waals surface area contributed by atoms with E-state index in [9.17, 15) is 9.59 Å². The van der Waals surface area contributed by atoms with Gasteiger partial charge in [-0.1, -0.05) is 60.7 Å². The van der Waals surface area contributed by atoms with Gasteiger partial charge in [-0.3, -0.25) is 9.59 Å². The monoisotopic (exact) mass is 404 g/mol. The minimum atomic E-state index is -0.356. The lowest BCUT2D eigenvalue weighted by Gasteiger charge is -2.10. The van der Waals surface area contributed by atoms with Gasteiger partial charge in [0, 0.05) is 6.54 Å². The smallest absolute Gasteiger partial charge is 0.258 e. The van der Waals surface area contributed by atoms with Crippen molar-refractivity contribution in [2.45, 2.75) is 13.2 Å². The lowest BCUT2D eigenvalue weighted by molar-refractivity contribution is -0.127. The van der Waals surface area contributed by atoms with Gasteiger partial charge in [-0.2, -0.15) is 0 Å². The quantitative estimate of drug-likeness (QED) is 0.545. The van der Waals surface area contributed by atoms with Crippen LogP contribution in [0.1, 0.15) is 11.1 Å². The second kappa shape index (κ2) is 11.3. The van der Waals surface area contributed by atoms with E-state index >= 15 is 0 Å². The number of hydrogen-bond acceptors (Lipinski definition) is 4. The van der Waals surface area contributed by atoms with Crippen molar-refractivity contribution in [2.24, 2.45) is 0 Å². The van der Waals surface area contributed by atoms with Crippen molar-refractivity contribution >= 4 is 11.8 Å². The van der Waals surface area contributed by atoms with E-state index in [1.165, 1.54) is 0 Å². The highest BCUT2D eigenvalue weighted by atomic mass is 16.5. The van der Waals surface area contributed by atoms with Gasteiger partial charge < -0.3 is 20.1 Å². The molecule has 3 aromatic rings. The molecule has 0 atom stereocenters. The molecule has 0 spiro atoms. The maximum Gasteiger partial charge on any atom is 0.258 e. The van der Waals surface area contributed by atoms with Crippen LogP contribution in [-0.2, 0) is 22.7 Å². The number of nitrogens with one attached hydrogen (secondary N) is 2. The van der Waals surface area contributed by atoms with Crippen LogP contribution in [0.4, 0.5) is 0 Å². The Labute approximate surface area is 175 Å². The highest BCUT2D eigenvalue weighted by Gasteiger charge is 2.07. The molecule has 0 saturated carbocycles. The predicted molar refractivity (Wildman–Crippen MR) is 114 cm³/mol. The second-order valence-electron chi connectivity index (χ2n) is 6.58. The summed E-state index contributed by atoms with van der Waals surface area (Å²) in [5, 5.41) is 5.32. The van der Waals surface area contributed by atoms with E-state index in [0.29, 0.717) is 18.9 Å². The SMILES string of the molecule is O=C(CNC(=O)COc1ccccc1)NCc1cccc(OCc2ccccc2)c1. The van der Waals surface area contributed by atoms with Crippen LogP contribution in [0.25, 0.3) is 0 Å². The molecule has 2 amide bonds. The zero-order valence-corrected chi connectivity index (χ0v) is 16.5. The first-order valence-corrected chi connectivity index (χ1v) is 9.66. The Balaban J connectivity index is 1.36. The summed E-state index contributed by atoms with van der Waals surface area (Å²) in [6.07, 6.45) is 0. The molecule has 0 aliphatic rings. The predicted octanol–water partition coefficient (Wildman–Crippen LogP) is 3.08. The van der Waals surface area contributed by atoms with Gasteiger partial charge in [0.05, 0.1) is 6.54 Å². The molecule has 6 nitrogen and oxygen atoms in total. The van der Waals surface area contributed by atoms with Gasteiger partial charge in [0.1, 0.15) is 18.1 Å². The normalized spacial score (nSPS) is 10.1. The van der Waals surface area contributed by atoms with Gasteiger partial charge >= 0.3 is 0 Å². The van der Waals surface area contributed by atoms with E-state index in [0.717, 1.165) is 16.9 Å². The molecular formula is C24H24N2O4. The number of hydrogen-bond donors (Lipinski definition) is 2. The first-order chi connectivity index (χ1) is 14.7. The molecule has 0 aliphatic carbocycles. The molecular weight excluding hydrogens is 380 g/mol. The zero-order chi connectivity index (χ0) is 21.0. The van der Waals surface area contributed by atoms with Crippen molar-refractivity contribution in [1.29, 1.82) is 0 Å². The molecule has 30 heavy (non-hydrogen) atoms. The summed E-state index contributed by atoms with van der Waals surface area (Å²) >= 11 is 0. The van der Waals surface area contributed by atoms with Crippen molar-refractivity contribution in [3.63, 3.8) is 0 Å². The first kappa shape index (κ1) is 20.9. The fourth-order valence-electron chi connectivity index (χ4n) is 2.64. The average Bonchev–Trinajstić information content (AvgIpc) is 2.80. The molecule has 0 unspecified atom stereocenters. The molecule has 0 radical (unpaired) electrons. The highest BCUT2D eigenvalue weighted by Crippen LogP contribution is 2.15. The van der Waals surface area contributed by atoms with E-state index in [1.54, 1.807) is 12.1 Å². The second-order valence-corrected chi connectivity index (χ2v) is 6.58. The third kappa shape index (κ3) is 7.31. The summed E-state index contributed by atoms with van der Waals surface area (Å²) in [5.41, 5.74) is 2.00. The molecule has 154 valence electrons. The van der Waals surface area contributed by atoms with E-state index in [4.69, 9.17) is 9.47 Å². The van der Waals surface area contributed by atoms with Crippen molar-refractivity contribution in [1.82, 2.24) is 10.6 Å². The molecule has 3 aromatic carbocycles. The summed E-state index contributed by atoms with van der Waals surface area (Å²) in [4.78, 5) is 23.8. The van der Waals surface area contributed by atoms with Crippen molar-refractivity contribution in [2.75, 3.05) is 13.2 Å². The molecule has 0 bridgehead atoms. The van der Waals surface area contributed by atoms with Gasteiger partial charge in [0.25, 0.3) is 5.91 Å². The number of carbonyl (C=O) groups excluding carboxylic acids is 2. The third-order valence-corrected chi connectivity index (χ3v) is 4.20. The first-order valence-electron chi connectivity index (χ1n) is 9.66. The Hall–Kier alpha value is -3.80. The Morgan fingerprint density at radius 1 is 0.667 bits per heavy atom. The molecule has 3 rings (SSSR count). The average molecular weight is 404 g/mol. The summed E-state index contributed by atoms with van der Waals surface area (Å²) in [7, 11) is 0. The number of carbonyl (C=O) groups is 2. The maximum absolute atomic E-state index is 12.0. The molecule has 0 saturated heterocycles. The fourth-order valence-corrected chi connectivity index (χ4v) is 2.64. The fraction of sp³-hybridized carbons (Fsp3) is 0.167. The van der Waals surface area contributed by atoms with E-state index in [-0.39, 0.29) is 25.0 Å². The number of rotatable bonds is 10. The Morgan fingerprint density at radius 3 is 2.10 bits per heavy atom. The summed E-state index contributed by atoms with van der Waals surface area (Å²) in [6.45, 7) is 0.574. The number of amides is 2. The lowest BCUT2D eigenvalue weighted by Crippen LogP contribution is -2.38. The molecule has 0 fully saturated rings. The topological polar surface area (TPSA) is 76.7 Å². The lowest BCUT2D eigenvalue weighted by atomic mass is 10.2. The van der Waals surface area contributed by atoms with Crippen LogP contribution in [-0.4, -0.2) is 25.0 Å². The van der Waals surface area contributed by atoms with Gasteiger partial charge in [0.15, 0.2) is 6.61 Å². The van der Waals surface area contributed by atoms with Gasteiger partial charge in [-0.25, -0.2) is 0 Å². The van der Waals surface area contributed by atoms with Crippen LogP contribution in [0.5, 0.6) is 11.5 Å². The van der Waals surface area contributed by atoms with Crippen molar-refractivity contribution < 1.29 is 19.1 Å². The zero-order valence-electron chi connectivity index (χ0n) is 16.5. The highest BCUT2D eigenvalue weighted by molar-refractivity contribution is 5.85. The Bertz CT molecular complexity index is 946. The van der Waals surface area contributed by atoms with Gasteiger partial charge in [-0.05, 0) is 35.4 Å². The van der Waals surface area contributed by atoms with Crippen LogP contribution in [0.3, 0.4) is 0 Å². The summed E-state index contributed by atoms with van der Waals surface area (Å²) in [5.74, 6) is 0.701. The molecule has 0 aliphatic heterocycles. The maximum atomic E-state index is 12.0. The molecule has 0 heterocycles. The molecule has 6 heteroatoms. The van der Waals surface area contributed by atoms with Gasteiger partial charge in [0.2, 0.25) is 5.91 Å². The number of ether oxygens (including phenoxy) is 2. The third-order valence-electron chi connectivity index (χ3n) is 4.20. The summed E-state index contributed by atoms with van der Waals surface area (Å²) < 4.78 is 11.1. The minimum Gasteiger partial charge on any atom is -0.489 e. The number of para-hydroxylation sites is 1. The largest absolute Gasteiger partial charge is 0.489 e. The molecule has 0 aromatic heterocycles. The van der Waals surface area contributed by atoms with E-state index < -0.39 is 0 Å². The number of benzene rings is 3. The van der Waals surface area contributed by atoms with Crippen LogP contribution in [0.2, 0.25) is 0 Å².